The van der Waals surface area contributed by atoms with E-state index in [1.165, 1.54) is 12.1 Å². The second-order valence-electron chi connectivity index (χ2n) is 10.0. The van der Waals surface area contributed by atoms with E-state index in [9.17, 15) is 14.3 Å². The molecular formula is C29H32FNO4. The molecule has 1 heterocycles. The lowest BCUT2D eigenvalue weighted by Gasteiger charge is -2.38. The van der Waals surface area contributed by atoms with E-state index in [4.69, 9.17) is 9.47 Å². The molecule has 0 saturated heterocycles. The lowest BCUT2D eigenvalue weighted by Crippen LogP contribution is -2.42. The number of aliphatic hydroxyl groups is 1. The number of esters is 1. The lowest BCUT2D eigenvalue weighted by molar-refractivity contribution is 0.0302. The summed E-state index contributed by atoms with van der Waals surface area (Å²) >= 11 is 0. The molecule has 4 rings (SSSR count). The highest BCUT2D eigenvalue weighted by molar-refractivity contribution is 5.93. The van der Waals surface area contributed by atoms with Crippen LogP contribution in [-0.4, -0.2) is 30.3 Å². The van der Waals surface area contributed by atoms with Crippen molar-refractivity contribution >= 4 is 11.7 Å². The average Bonchev–Trinajstić information content (AvgIpc) is 3.17. The molecule has 2 N–H and O–H groups in total. The van der Waals surface area contributed by atoms with Gasteiger partial charge in [-0.1, -0.05) is 36.8 Å². The summed E-state index contributed by atoms with van der Waals surface area (Å²) in [4.78, 5) is 11.8. The van der Waals surface area contributed by atoms with Crippen LogP contribution >= 0.6 is 0 Å². The number of anilines is 1. The molecule has 1 aliphatic heterocycles. The van der Waals surface area contributed by atoms with Crippen molar-refractivity contribution in [3.8, 4) is 5.75 Å². The third kappa shape index (κ3) is 5.65. The first kappa shape index (κ1) is 24.7. The number of carbonyl (C=O) groups is 1. The molecule has 0 amide bonds. The zero-order chi connectivity index (χ0) is 25.2. The number of carbonyl (C=O) groups excluding carboxylic acids is 1. The number of methoxy groups -OCH3 is 1. The summed E-state index contributed by atoms with van der Waals surface area (Å²) in [6, 6.07) is 18.1. The molecule has 6 heteroatoms. The van der Waals surface area contributed by atoms with E-state index in [2.05, 4.69) is 11.4 Å². The topological polar surface area (TPSA) is 67.8 Å². The van der Waals surface area contributed by atoms with Crippen molar-refractivity contribution in [3.05, 3.63) is 94.3 Å². The first-order chi connectivity index (χ1) is 16.6. The third-order valence-electron chi connectivity index (χ3n) is 6.62. The van der Waals surface area contributed by atoms with Crippen LogP contribution < -0.4 is 10.1 Å². The maximum absolute atomic E-state index is 14.4. The summed E-state index contributed by atoms with van der Waals surface area (Å²) in [7, 11) is 1.56. The molecule has 0 spiro atoms. The summed E-state index contributed by atoms with van der Waals surface area (Å²) in [6.07, 6.45) is 0.813. The maximum Gasteiger partial charge on any atom is 0.338 e. The molecule has 5 nitrogen and oxygen atoms in total. The molecule has 0 aromatic heterocycles. The number of benzene rings is 3. The monoisotopic (exact) mass is 477 g/mol. The molecule has 35 heavy (non-hydrogen) atoms. The first-order valence-corrected chi connectivity index (χ1v) is 11.7. The van der Waals surface area contributed by atoms with E-state index in [0.717, 1.165) is 22.4 Å². The molecule has 184 valence electrons. The Labute approximate surface area is 205 Å². The zero-order valence-corrected chi connectivity index (χ0v) is 20.7. The van der Waals surface area contributed by atoms with Gasteiger partial charge in [0.15, 0.2) is 0 Å². The normalized spacial score (nSPS) is 16.1. The number of fused-ring (bicyclic) bond motifs is 1. The van der Waals surface area contributed by atoms with Gasteiger partial charge in [-0.2, -0.15) is 0 Å². The molecule has 3 aromatic rings. The molecule has 2 unspecified atom stereocenters. The van der Waals surface area contributed by atoms with Gasteiger partial charge in [0.2, 0.25) is 0 Å². The van der Waals surface area contributed by atoms with Crippen LogP contribution in [0.2, 0.25) is 0 Å². The first-order valence-electron chi connectivity index (χ1n) is 11.7. The van der Waals surface area contributed by atoms with Crippen molar-refractivity contribution in [1.82, 2.24) is 0 Å². The van der Waals surface area contributed by atoms with Gasteiger partial charge in [-0.05, 0) is 62.2 Å². The summed E-state index contributed by atoms with van der Waals surface area (Å²) in [5.74, 6) is -0.110. The van der Waals surface area contributed by atoms with Crippen LogP contribution in [0.25, 0.3) is 0 Å². The Morgan fingerprint density at radius 2 is 1.91 bits per heavy atom. The Kier molecular flexibility index (Phi) is 6.86. The molecule has 0 radical (unpaired) electrons. The summed E-state index contributed by atoms with van der Waals surface area (Å²) in [5, 5.41) is 15.0. The molecule has 0 fully saturated rings. The van der Waals surface area contributed by atoms with E-state index in [0.29, 0.717) is 36.3 Å². The van der Waals surface area contributed by atoms with E-state index in [1.54, 1.807) is 19.2 Å². The number of rotatable bonds is 9. The molecule has 3 aromatic carbocycles. The van der Waals surface area contributed by atoms with Gasteiger partial charge < -0.3 is 19.9 Å². The molecule has 2 atom stereocenters. The van der Waals surface area contributed by atoms with Crippen LogP contribution in [0.3, 0.4) is 0 Å². The molecule has 0 saturated carbocycles. The minimum atomic E-state index is -1.07. The Hall–Kier alpha value is -3.38. The van der Waals surface area contributed by atoms with Crippen molar-refractivity contribution in [2.45, 2.75) is 51.2 Å². The summed E-state index contributed by atoms with van der Waals surface area (Å²) < 4.78 is 25.1. The van der Waals surface area contributed by atoms with Gasteiger partial charge in [0.05, 0.1) is 18.3 Å². The van der Waals surface area contributed by atoms with Gasteiger partial charge in [-0.15, -0.1) is 0 Å². The van der Waals surface area contributed by atoms with Gasteiger partial charge in [0.1, 0.15) is 18.2 Å². The molecule has 0 bridgehead atoms. The lowest BCUT2D eigenvalue weighted by atomic mass is 9.72. The van der Waals surface area contributed by atoms with Gasteiger partial charge in [-0.25, -0.2) is 9.18 Å². The standard InChI is InChI=1S/C29H32FNO4/c1-19-6-5-7-20(12-19)15-29(3,33)17-28(2,25-14-22(30)8-11-26(25)34-4)18-31-23-9-10-24-21(13-23)16-35-27(24)32/h5-14,31,33H,15-18H2,1-4H3. The Balaban J connectivity index is 1.64. The third-order valence-corrected chi connectivity index (χ3v) is 6.62. The Bertz CT molecular complexity index is 1240. The number of hydrogen-bond acceptors (Lipinski definition) is 5. The fourth-order valence-electron chi connectivity index (χ4n) is 5.11. The number of aryl methyl sites for hydroxylation is 1. The second-order valence-corrected chi connectivity index (χ2v) is 10.0. The van der Waals surface area contributed by atoms with Crippen LogP contribution in [0.15, 0.2) is 60.7 Å². The SMILES string of the molecule is COc1ccc(F)cc1C(C)(CNc1ccc2c(c1)COC2=O)CC(C)(O)Cc1cccc(C)c1. The Morgan fingerprint density at radius 1 is 1.11 bits per heavy atom. The minimum absolute atomic E-state index is 0.254. The van der Waals surface area contributed by atoms with Crippen molar-refractivity contribution in [2.24, 2.45) is 0 Å². The average molecular weight is 478 g/mol. The predicted octanol–water partition coefficient (Wildman–Crippen LogP) is 5.57. The molecule has 0 aliphatic carbocycles. The smallest absolute Gasteiger partial charge is 0.338 e. The van der Waals surface area contributed by atoms with Crippen molar-refractivity contribution in [1.29, 1.82) is 0 Å². The van der Waals surface area contributed by atoms with Crippen LogP contribution in [0.4, 0.5) is 10.1 Å². The van der Waals surface area contributed by atoms with E-state index in [-0.39, 0.29) is 18.4 Å². The van der Waals surface area contributed by atoms with Crippen LogP contribution in [0.5, 0.6) is 5.75 Å². The van der Waals surface area contributed by atoms with Gasteiger partial charge >= 0.3 is 5.97 Å². The summed E-state index contributed by atoms with van der Waals surface area (Å²) in [5.41, 5.74) is 3.32. The van der Waals surface area contributed by atoms with Gasteiger partial charge in [0, 0.05) is 35.2 Å². The Morgan fingerprint density at radius 3 is 2.66 bits per heavy atom. The van der Waals surface area contributed by atoms with Gasteiger partial charge in [0.25, 0.3) is 0 Å². The van der Waals surface area contributed by atoms with Crippen LogP contribution in [-0.2, 0) is 23.2 Å². The van der Waals surface area contributed by atoms with Crippen molar-refractivity contribution in [2.75, 3.05) is 19.0 Å². The number of halogens is 1. The summed E-state index contributed by atoms with van der Waals surface area (Å²) in [6.45, 7) is 6.51. The second kappa shape index (κ2) is 9.70. The highest BCUT2D eigenvalue weighted by Gasteiger charge is 2.38. The highest BCUT2D eigenvalue weighted by atomic mass is 19.1. The van der Waals surface area contributed by atoms with E-state index in [1.807, 2.05) is 51.1 Å². The van der Waals surface area contributed by atoms with Crippen LogP contribution in [0, 0.1) is 12.7 Å². The zero-order valence-electron chi connectivity index (χ0n) is 20.7. The fourth-order valence-corrected chi connectivity index (χ4v) is 5.11. The molecule has 1 aliphatic rings. The van der Waals surface area contributed by atoms with Crippen molar-refractivity contribution in [3.63, 3.8) is 0 Å². The minimum Gasteiger partial charge on any atom is -0.496 e. The number of ether oxygens (including phenoxy) is 2. The van der Waals surface area contributed by atoms with Crippen molar-refractivity contribution < 1.29 is 23.8 Å². The number of hydrogen-bond donors (Lipinski definition) is 2. The quantitative estimate of drug-likeness (QED) is 0.395. The van der Waals surface area contributed by atoms with Crippen LogP contribution in [0.1, 0.15) is 52.9 Å². The van der Waals surface area contributed by atoms with E-state index < -0.39 is 11.0 Å². The maximum atomic E-state index is 14.4. The predicted molar refractivity (Wildman–Crippen MR) is 134 cm³/mol. The molecular weight excluding hydrogens is 445 g/mol. The van der Waals surface area contributed by atoms with E-state index >= 15 is 0 Å². The fraction of sp³-hybridized carbons (Fsp3) is 0.345. The number of nitrogens with one attached hydrogen (secondary N) is 1. The highest BCUT2D eigenvalue weighted by Crippen LogP contribution is 2.40. The van der Waals surface area contributed by atoms with Gasteiger partial charge in [-0.3, -0.25) is 0 Å². The largest absolute Gasteiger partial charge is 0.496 e. The number of cyclic esters (lactones) is 1.